The molecule has 3 unspecified atom stereocenters. The Morgan fingerprint density at radius 2 is 1.24 bits per heavy atom. The number of epoxide rings is 1. The molecule has 3 atom stereocenters. The van der Waals surface area contributed by atoms with E-state index in [9.17, 15) is 0 Å². The largest absolute Gasteiger partial charge is 0.358 e. The Morgan fingerprint density at radius 3 is 1.80 bits per heavy atom. The van der Waals surface area contributed by atoms with Gasteiger partial charge in [0.25, 0.3) is 0 Å². The van der Waals surface area contributed by atoms with E-state index in [0.29, 0.717) is 11.3 Å². The zero-order valence-electron chi connectivity index (χ0n) is 27.7. The molecule has 0 aromatic heterocycles. The molecule has 41 heavy (non-hydrogen) atoms. The van der Waals surface area contributed by atoms with E-state index in [4.69, 9.17) is 4.74 Å². The maximum Gasteiger partial charge on any atom is 0.121 e. The third-order valence-corrected chi connectivity index (χ3v) is 9.58. The molecule has 0 amide bonds. The predicted molar refractivity (Wildman–Crippen MR) is 181 cm³/mol. The van der Waals surface area contributed by atoms with Gasteiger partial charge in [-0.3, -0.25) is 0 Å². The summed E-state index contributed by atoms with van der Waals surface area (Å²) in [5.41, 5.74) is 6.92. The quantitative estimate of drug-likeness (QED) is 0.149. The number of fused-ring (bicyclic) bond motifs is 1. The summed E-state index contributed by atoms with van der Waals surface area (Å²) < 4.78 is 6.34. The highest BCUT2D eigenvalue weighted by Crippen LogP contribution is 2.66. The first kappa shape index (κ1) is 32.9. The van der Waals surface area contributed by atoms with Crippen molar-refractivity contribution in [1.29, 1.82) is 0 Å². The molecule has 3 aliphatic rings. The van der Waals surface area contributed by atoms with E-state index in [1.54, 1.807) is 0 Å². The average Bonchev–Trinajstić information content (AvgIpc) is 3.52. The van der Waals surface area contributed by atoms with E-state index in [2.05, 4.69) is 160 Å². The summed E-state index contributed by atoms with van der Waals surface area (Å²) in [5.74, 6) is 0.529. The molecular weight excluding hydrogens is 496 g/mol. The molecule has 1 saturated carbocycles. The summed E-state index contributed by atoms with van der Waals surface area (Å²) in [7, 11) is 0. The second-order valence-corrected chi connectivity index (χ2v) is 14.2. The topological polar surface area (TPSA) is 12.5 Å². The number of hydrogen-bond acceptors (Lipinski definition) is 1. The van der Waals surface area contributed by atoms with Crippen LogP contribution in [-0.2, 0) is 4.74 Å². The summed E-state index contributed by atoms with van der Waals surface area (Å²) in [6, 6.07) is 0. The summed E-state index contributed by atoms with van der Waals surface area (Å²) in [4.78, 5) is 0. The van der Waals surface area contributed by atoms with Crippen molar-refractivity contribution in [1.82, 2.24) is 0 Å². The first-order valence-electron chi connectivity index (χ1n) is 15.7. The highest BCUT2D eigenvalue weighted by molar-refractivity contribution is 5.36. The number of ether oxygens (including phenoxy) is 1. The van der Waals surface area contributed by atoms with Crippen LogP contribution in [0.1, 0.15) is 101 Å². The second kappa shape index (κ2) is 13.6. The van der Waals surface area contributed by atoms with Crippen LogP contribution in [0.15, 0.2) is 119 Å². The van der Waals surface area contributed by atoms with Crippen LogP contribution in [-0.4, -0.2) is 11.2 Å². The Bertz CT molecular complexity index is 1250. The van der Waals surface area contributed by atoms with Crippen LogP contribution in [0.5, 0.6) is 0 Å². The summed E-state index contributed by atoms with van der Waals surface area (Å²) in [6.45, 7) is 22.6. The Kier molecular flexibility index (Phi) is 10.9. The molecule has 222 valence electrons. The maximum absolute atomic E-state index is 6.34. The fraction of sp³-hybridized carbons (Fsp3) is 0.500. The highest BCUT2D eigenvalue weighted by Gasteiger charge is 2.73. The van der Waals surface area contributed by atoms with Crippen LogP contribution in [0.2, 0.25) is 0 Å². The minimum Gasteiger partial charge on any atom is -0.358 e. The fourth-order valence-electron chi connectivity index (χ4n) is 6.73. The van der Waals surface area contributed by atoms with Crippen molar-refractivity contribution in [2.45, 2.75) is 113 Å². The van der Waals surface area contributed by atoms with Crippen LogP contribution in [0.25, 0.3) is 0 Å². The summed E-state index contributed by atoms with van der Waals surface area (Å²) in [5, 5.41) is 0. The van der Waals surface area contributed by atoms with Crippen LogP contribution in [0.4, 0.5) is 0 Å². The SMILES string of the molecule is CC1=CCCC(C)(C)C1/C=C/C(C)=C\C=C/C(C)=C/C=C/C=C(C)/C=C\C=C(C)/C=C/C12OC1(C)CCCC2(C)C. The first-order chi connectivity index (χ1) is 19.2. The van der Waals surface area contributed by atoms with Crippen molar-refractivity contribution < 1.29 is 4.74 Å². The van der Waals surface area contributed by atoms with Crippen LogP contribution in [0.3, 0.4) is 0 Å². The molecule has 3 rings (SSSR count). The van der Waals surface area contributed by atoms with Crippen molar-refractivity contribution in [2.75, 3.05) is 0 Å². The molecule has 1 saturated heterocycles. The fourth-order valence-corrected chi connectivity index (χ4v) is 6.73. The van der Waals surface area contributed by atoms with Crippen molar-refractivity contribution in [3.05, 3.63) is 119 Å². The van der Waals surface area contributed by atoms with Gasteiger partial charge in [0, 0.05) is 11.3 Å². The lowest BCUT2D eigenvalue weighted by Crippen LogP contribution is -2.41. The van der Waals surface area contributed by atoms with E-state index in [-0.39, 0.29) is 16.6 Å². The molecule has 2 fully saturated rings. The molecule has 0 bridgehead atoms. The second-order valence-electron chi connectivity index (χ2n) is 14.2. The molecule has 1 heteroatoms. The lowest BCUT2D eigenvalue weighted by Gasteiger charge is -2.36. The van der Waals surface area contributed by atoms with E-state index < -0.39 is 0 Å². The molecule has 2 aliphatic carbocycles. The van der Waals surface area contributed by atoms with Gasteiger partial charge in [-0.2, -0.15) is 0 Å². The van der Waals surface area contributed by atoms with Crippen LogP contribution >= 0.6 is 0 Å². The third-order valence-electron chi connectivity index (χ3n) is 9.58. The van der Waals surface area contributed by atoms with Crippen molar-refractivity contribution in [2.24, 2.45) is 16.7 Å². The zero-order valence-corrected chi connectivity index (χ0v) is 27.7. The van der Waals surface area contributed by atoms with Gasteiger partial charge in [-0.1, -0.05) is 141 Å². The number of allylic oxidation sites excluding steroid dienone is 19. The van der Waals surface area contributed by atoms with Gasteiger partial charge in [0.05, 0.1) is 5.60 Å². The van der Waals surface area contributed by atoms with Crippen molar-refractivity contribution in [3.63, 3.8) is 0 Å². The normalized spacial score (nSPS) is 31.2. The summed E-state index contributed by atoms with van der Waals surface area (Å²) in [6.07, 6.45) is 39.2. The molecule has 1 heterocycles. The minimum atomic E-state index is -0.104. The van der Waals surface area contributed by atoms with Crippen molar-refractivity contribution in [3.8, 4) is 0 Å². The number of rotatable bonds is 10. The lowest BCUT2D eigenvalue weighted by atomic mass is 9.64. The monoisotopic (exact) mass is 552 g/mol. The molecule has 0 spiro atoms. The van der Waals surface area contributed by atoms with Gasteiger partial charge in [-0.15, -0.1) is 0 Å². The van der Waals surface area contributed by atoms with Gasteiger partial charge in [0.15, 0.2) is 0 Å². The zero-order chi connectivity index (χ0) is 30.3. The lowest BCUT2D eigenvalue weighted by molar-refractivity contribution is 0.166. The molecule has 0 aromatic carbocycles. The highest BCUT2D eigenvalue weighted by atomic mass is 16.6. The third kappa shape index (κ3) is 8.45. The average molecular weight is 553 g/mol. The van der Waals surface area contributed by atoms with Gasteiger partial charge in [-0.05, 0) is 85.1 Å². The van der Waals surface area contributed by atoms with Gasteiger partial charge in [0.1, 0.15) is 5.60 Å². The van der Waals surface area contributed by atoms with E-state index in [1.807, 2.05) is 0 Å². The predicted octanol–water partition coefficient (Wildman–Crippen LogP) is 11.7. The van der Waals surface area contributed by atoms with Gasteiger partial charge in [-0.25, -0.2) is 0 Å². The minimum absolute atomic E-state index is 0.0195. The molecule has 0 radical (unpaired) electrons. The van der Waals surface area contributed by atoms with E-state index in [1.165, 1.54) is 53.5 Å². The first-order valence-corrected chi connectivity index (χ1v) is 15.7. The van der Waals surface area contributed by atoms with Crippen molar-refractivity contribution >= 4 is 0 Å². The standard InChI is InChI=1S/C40H56O/c1-31(19-13-21-33(3)24-25-36-35(5)23-15-27-37(36,6)7)17-11-12-18-32(2)20-14-22-34(4)26-30-40-38(8,9)28-16-29-39(40,10)41-40/h11-14,17-26,30,36H,15-16,27-29H2,1-10H3/b12-11+,19-13-,20-14-,25-24+,30-26+,31-17+,32-18+,33-21-,34-22-. The maximum atomic E-state index is 6.34. The van der Waals surface area contributed by atoms with Gasteiger partial charge < -0.3 is 4.74 Å². The Labute approximate surface area is 252 Å². The van der Waals surface area contributed by atoms with Gasteiger partial charge in [0.2, 0.25) is 0 Å². The molecule has 1 aliphatic heterocycles. The smallest absolute Gasteiger partial charge is 0.121 e. The van der Waals surface area contributed by atoms with E-state index >= 15 is 0 Å². The molecular formula is C40H56O. The summed E-state index contributed by atoms with van der Waals surface area (Å²) >= 11 is 0. The molecule has 0 N–H and O–H groups in total. The Hall–Kier alpha value is -2.64. The van der Waals surface area contributed by atoms with Gasteiger partial charge >= 0.3 is 0 Å². The van der Waals surface area contributed by atoms with Crippen LogP contribution < -0.4 is 0 Å². The molecule has 1 nitrogen and oxygen atoms in total. The number of hydrogen-bond donors (Lipinski definition) is 0. The Morgan fingerprint density at radius 1 is 0.707 bits per heavy atom. The van der Waals surface area contributed by atoms with Crippen LogP contribution in [0, 0.1) is 16.7 Å². The Balaban J connectivity index is 1.48. The molecule has 0 aromatic rings. The van der Waals surface area contributed by atoms with E-state index in [0.717, 1.165) is 6.42 Å².